The summed E-state index contributed by atoms with van der Waals surface area (Å²) in [6.07, 6.45) is 3.30. The first-order valence-corrected chi connectivity index (χ1v) is 8.69. The highest BCUT2D eigenvalue weighted by Crippen LogP contribution is 2.26. The van der Waals surface area contributed by atoms with Gasteiger partial charge in [0.05, 0.1) is 17.1 Å². The summed E-state index contributed by atoms with van der Waals surface area (Å²) in [4.78, 5) is 14.6. The van der Waals surface area contributed by atoms with Crippen molar-refractivity contribution >= 4 is 23.2 Å². The first kappa shape index (κ1) is 16.8. The van der Waals surface area contributed by atoms with Gasteiger partial charge in [-0.1, -0.05) is 16.8 Å². The number of carbonyl (C=O) groups excluding carboxylic acids is 1. The van der Waals surface area contributed by atoms with Crippen LogP contribution in [0.4, 0.5) is 5.69 Å². The van der Waals surface area contributed by atoms with E-state index >= 15 is 0 Å². The number of piperidine rings is 1. The minimum Gasteiger partial charge on any atom is -0.379 e. The highest BCUT2D eigenvalue weighted by Gasteiger charge is 2.25. The van der Waals surface area contributed by atoms with Crippen molar-refractivity contribution in [2.24, 2.45) is 0 Å². The number of benzene rings is 1. The summed E-state index contributed by atoms with van der Waals surface area (Å²) >= 11 is 6.36. The molecule has 1 aromatic carbocycles. The summed E-state index contributed by atoms with van der Waals surface area (Å²) < 4.78 is 5.04. The minimum absolute atomic E-state index is 0.0193. The molecular formula is C18H22ClN3O2. The van der Waals surface area contributed by atoms with Crippen LogP contribution in [0.15, 0.2) is 28.8 Å². The summed E-state index contributed by atoms with van der Waals surface area (Å²) in [5.41, 5.74) is 2.24. The van der Waals surface area contributed by atoms with Crippen LogP contribution in [-0.4, -0.2) is 28.6 Å². The van der Waals surface area contributed by atoms with Gasteiger partial charge in [0.15, 0.2) is 0 Å². The Bertz CT molecular complexity index is 729. The molecule has 6 heteroatoms. The van der Waals surface area contributed by atoms with Crippen LogP contribution in [0, 0.1) is 6.92 Å². The molecule has 1 fully saturated rings. The summed E-state index contributed by atoms with van der Waals surface area (Å²) in [5.74, 6) is 0.798. The number of nitrogens with one attached hydrogen (secondary N) is 1. The number of carbonyl (C=O) groups is 1. The normalized spacial score (nSPS) is 17.8. The van der Waals surface area contributed by atoms with Crippen LogP contribution in [0.25, 0.3) is 0 Å². The molecule has 1 N–H and O–H groups in total. The number of aryl methyl sites for hydroxylation is 1. The Morgan fingerprint density at radius 2 is 2.25 bits per heavy atom. The van der Waals surface area contributed by atoms with Gasteiger partial charge in [0, 0.05) is 24.3 Å². The SMILES string of the molecule is Cc1cc(CNc2ccc(C(=O)N3CCCCC3C)c(Cl)c2)no1. The molecule has 1 amide bonds. The molecule has 0 aliphatic carbocycles. The Morgan fingerprint density at radius 3 is 2.92 bits per heavy atom. The lowest BCUT2D eigenvalue weighted by atomic mass is 10.0. The van der Waals surface area contributed by atoms with Crippen molar-refractivity contribution in [1.29, 1.82) is 0 Å². The van der Waals surface area contributed by atoms with Gasteiger partial charge < -0.3 is 14.7 Å². The van der Waals surface area contributed by atoms with Crippen molar-refractivity contribution in [1.82, 2.24) is 10.1 Å². The van der Waals surface area contributed by atoms with E-state index in [0.717, 1.165) is 36.5 Å². The van der Waals surface area contributed by atoms with Crippen LogP contribution >= 0.6 is 11.6 Å². The number of rotatable bonds is 4. The van der Waals surface area contributed by atoms with Crippen LogP contribution in [-0.2, 0) is 6.54 Å². The van der Waals surface area contributed by atoms with Crippen molar-refractivity contribution in [3.63, 3.8) is 0 Å². The predicted molar refractivity (Wildman–Crippen MR) is 94.4 cm³/mol. The topological polar surface area (TPSA) is 58.4 Å². The van der Waals surface area contributed by atoms with E-state index in [9.17, 15) is 4.79 Å². The van der Waals surface area contributed by atoms with Crippen LogP contribution in [0.3, 0.4) is 0 Å². The summed E-state index contributed by atoms with van der Waals surface area (Å²) in [6, 6.07) is 7.61. The average molecular weight is 348 g/mol. The van der Waals surface area contributed by atoms with Crippen molar-refractivity contribution in [3.8, 4) is 0 Å². The van der Waals surface area contributed by atoms with Gasteiger partial charge in [0.2, 0.25) is 0 Å². The Kier molecular flexibility index (Phi) is 5.09. The van der Waals surface area contributed by atoms with Crippen molar-refractivity contribution in [2.75, 3.05) is 11.9 Å². The Morgan fingerprint density at radius 1 is 1.42 bits per heavy atom. The molecule has 1 aromatic heterocycles. The monoisotopic (exact) mass is 347 g/mol. The van der Waals surface area contributed by atoms with Crippen molar-refractivity contribution in [3.05, 3.63) is 46.3 Å². The highest BCUT2D eigenvalue weighted by molar-refractivity contribution is 6.34. The summed E-state index contributed by atoms with van der Waals surface area (Å²) in [7, 11) is 0. The smallest absolute Gasteiger partial charge is 0.255 e. The zero-order valence-corrected chi connectivity index (χ0v) is 14.8. The molecule has 0 radical (unpaired) electrons. The zero-order valence-electron chi connectivity index (χ0n) is 14.0. The maximum atomic E-state index is 12.7. The Balaban J connectivity index is 1.68. The third-order valence-electron chi connectivity index (χ3n) is 4.41. The molecule has 2 aromatic rings. The third kappa shape index (κ3) is 3.73. The van der Waals surface area contributed by atoms with Crippen molar-refractivity contribution in [2.45, 2.75) is 45.7 Å². The number of halogens is 1. The molecule has 0 spiro atoms. The molecule has 1 unspecified atom stereocenters. The molecule has 1 aliphatic heterocycles. The fraction of sp³-hybridized carbons (Fsp3) is 0.444. The number of nitrogens with zero attached hydrogens (tertiary/aromatic N) is 2. The quantitative estimate of drug-likeness (QED) is 0.897. The molecule has 3 rings (SSSR count). The molecule has 1 atom stereocenters. The number of amides is 1. The lowest BCUT2D eigenvalue weighted by Gasteiger charge is -2.33. The van der Waals surface area contributed by atoms with E-state index in [0.29, 0.717) is 17.1 Å². The fourth-order valence-corrected chi connectivity index (χ4v) is 3.31. The van der Waals surface area contributed by atoms with Gasteiger partial charge in [-0.25, -0.2) is 0 Å². The molecule has 1 aliphatic rings. The lowest BCUT2D eigenvalue weighted by Crippen LogP contribution is -2.42. The van der Waals surface area contributed by atoms with Crippen molar-refractivity contribution < 1.29 is 9.32 Å². The number of anilines is 1. The van der Waals surface area contributed by atoms with E-state index in [-0.39, 0.29) is 11.9 Å². The van der Waals surface area contributed by atoms with E-state index in [2.05, 4.69) is 17.4 Å². The number of hydrogen-bond acceptors (Lipinski definition) is 4. The van der Waals surface area contributed by atoms with E-state index < -0.39 is 0 Å². The molecule has 2 heterocycles. The second kappa shape index (κ2) is 7.26. The summed E-state index contributed by atoms with van der Waals surface area (Å²) in [5, 5.41) is 7.65. The molecular weight excluding hydrogens is 326 g/mol. The van der Waals surface area contributed by atoms with Crippen LogP contribution in [0.5, 0.6) is 0 Å². The number of hydrogen-bond donors (Lipinski definition) is 1. The van der Waals surface area contributed by atoms with E-state index in [1.165, 1.54) is 6.42 Å². The first-order valence-electron chi connectivity index (χ1n) is 8.31. The summed E-state index contributed by atoms with van der Waals surface area (Å²) in [6.45, 7) is 5.31. The second-order valence-electron chi connectivity index (χ2n) is 6.32. The number of aromatic nitrogens is 1. The molecule has 5 nitrogen and oxygen atoms in total. The maximum Gasteiger partial charge on any atom is 0.255 e. The number of likely N-dealkylation sites (tertiary alicyclic amines) is 1. The molecule has 128 valence electrons. The highest BCUT2D eigenvalue weighted by atomic mass is 35.5. The van der Waals surface area contributed by atoms with E-state index in [1.54, 1.807) is 12.1 Å². The second-order valence-corrected chi connectivity index (χ2v) is 6.73. The van der Waals surface area contributed by atoms with Gasteiger partial charge in [-0.05, 0) is 51.3 Å². The maximum absolute atomic E-state index is 12.7. The standard InChI is InChI=1S/C18H22ClN3O2/c1-12-5-3-4-8-22(12)18(23)16-7-6-14(10-17(16)19)20-11-15-9-13(2)24-21-15/h6-7,9-10,12,20H,3-5,8,11H2,1-2H3. The minimum atomic E-state index is 0.0193. The van der Waals surface area contributed by atoms with Gasteiger partial charge in [-0.15, -0.1) is 0 Å². The Hall–Kier alpha value is -2.01. The molecule has 24 heavy (non-hydrogen) atoms. The van der Waals surface area contributed by atoms with E-state index in [1.807, 2.05) is 24.0 Å². The van der Waals surface area contributed by atoms with Crippen LogP contribution < -0.4 is 5.32 Å². The average Bonchev–Trinajstić information content (AvgIpc) is 2.98. The van der Waals surface area contributed by atoms with Gasteiger partial charge >= 0.3 is 0 Å². The van der Waals surface area contributed by atoms with Crippen LogP contribution in [0.1, 0.15) is 48.0 Å². The van der Waals surface area contributed by atoms with Gasteiger partial charge in [0.25, 0.3) is 5.91 Å². The molecule has 1 saturated heterocycles. The molecule has 0 bridgehead atoms. The fourth-order valence-electron chi connectivity index (χ4n) is 3.05. The predicted octanol–water partition coefficient (Wildman–Crippen LogP) is 4.26. The van der Waals surface area contributed by atoms with Gasteiger partial charge in [-0.2, -0.15) is 0 Å². The first-order chi connectivity index (χ1) is 11.5. The zero-order chi connectivity index (χ0) is 17.1. The van der Waals surface area contributed by atoms with E-state index in [4.69, 9.17) is 16.1 Å². The third-order valence-corrected chi connectivity index (χ3v) is 4.73. The molecule has 0 saturated carbocycles. The van der Waals surface area contributed by atoms with Gasteiger partial charge in [-0.3, -0.25) is 4.79 Å². The van der Waals surface area contributed by atoms with Crippen LogP contribution in [0.2, 0.25) is 5.02 Å². The van der Waals surface area contributed by atoms with Gasteiger partial charge in [0.1, 0.15) is 11.5 Å². The largest absolute Gasteiger partial charge is 0.379 e. The lowest BCUT2D eigenvalue weighted by molar-refractivity contribution is 0.0636. The Labute approximate surface area is 147 Å².